The fourth-order valence-electron chi connectivity index (χ4n) is 3.22. The van der Waals surface area contributed by atoms with Gasteiger partial charge in [-0.3, -0.25) is 4.79 Å². The molecule has 2 heterocycles. The van der Waals surface area contributed by atoms with Crippen LogP contribution in [-0.2, 0) is 11.3 Å². The summed E-state index contributed by atoms with van der Waals surface area (Å²) in [6, 6.07) is 9.64. The molecular weight excluding hydrogens is 356 g/mol. The molecule has 0 aliphatic heterocycles. The van der Waals surface area contributed by atoms with Crippen LogP contribution >= 0.6 is 0 Å². The smallest absolute Gasteiger partial charge is 0.279 e. The van der Waals surface area contributed by atoms with Crippen molar-refractivity contribution >= 4 is 11.6 Å². The van der Waals surface area contributed by atoms with E-state index in [4.69, 9.17) is 8.83 Å². The SMILES string of the molecule is CCC[NH+](CC(=O)Nc1ccccc1C)Cc1nnc(-c2cc(C)oc2C)o1. The van der Waals surface area contributed by atoms with E-state index in [1.54, 1.807) is 0 Å². The third-order valence-electron chi connectivity index (χ3n) is 4.57. The number of furan rings is 1. The molecule has 0 aliphatic rings. The third-order valence-corrected chi connectivity index (χ3v) is 4.57. The fraction of sp³-hybridized carbons (Fsp3) is 0.381. The maximum Gasteiger partial charge on any atom is 0.279 e. The number of anilines is 1. The molecule has 0 saturated heterocycles. The summed E-state index contributed by atoms with van der Waals surface area (Å²) in [5.74, 6) is 2.49. The number of nitrogens with zero attached hydrogens (tertiary/aromatic N) is 2. The zero-order valence-corrected chi connectivity index (χ0v) is 16.8. The number of amides is 1. The van der Waals surface area contributed by atoms with Gasteiger partial charge in [0.05, 0.1) is 12.1 Å². The van der Waals surface area contributed by atoms with E-state index in [1.165, 1.54) is 0 Å². The number of carbonyl (C=O) groups is 1. The molecule has 0 aliphatic carbocycles. The number of hydrogen-bond donors (Lipinski definition) is 2. The number of nitrogens with one attached hydrogen (secondary N) is 2. The first-order valence-corrected chi connectivity index (χ1v) is 9.55. The normalized spacial score (nSPS) is 12.1. The lowest BCUT2D eigenvalue weighted by atomic mass is 10.2. The van der Waals surface area contributed by atoms with Crippen LogP contribution in [0.25, 0.3) is 11.5 Å². The number of para-hydroxylation sites is 1. The third kappa shape index (κ3) is 4.86. The zero-order chi connectivity index (χ0) is 20.1. The molecule has 0 spiro atoms. The lowest BCUT2D eigenvalue weighted by Crippen LogP contribution is -3.11. The Bertz CT molecular complexity index is 945. The van der Waals surface area contributed by atoms with Gasteiger partial charge in [0.25, 0.3) is 17.7 Å². The van der Waals surface area contributed by atoms with Crippen molar-refractivity contribution in [1.29, 1.82) is 0 Å². The van der Waals surface area contributed by atoms with Gasteiger partial charge < -0.3 is 19.1 Å². The van der Waals surface area contributed by atoms with Gasteiger partial charge in [-0.25, -0.2) is 0 Å². The lowest BCUT2D eigenvalue weighted by Gasteiger charge is -2.17. The largest absolute Gasteiger partial charge is 0.466 e. The van der Waals surface area contributed by atoms with Crippen LogP contribution in [0.5, 0.6) is 0 Å². The van der Waals surface area contributed by atoms with Gasteiger partial charge in [0.1, 0.15) is 11.5 Å². The standard InChI is InChI=1S/C21H26N4O3/c1-5-10-25(12-19(26)22-18-9-7-6-8-14(18)2)13-20-23-24-21(28-20)17-11-15(3)27-16(17)4/h6-9,11H,5,10,12-13H2,1-4H3,(H,22,26)/p+1. The van der Waals surface area contributed by atoms with Crippen LogP contribution in [0.15, 0.2) is 39.2 Å². The second-order valence-electron chi connectivity index (χ2n) is 7.04. The van der Waals surface area contributed by atoms with Crippen LogP contribution in [0, 0.1) is 20.8 Å². The average Bonchev–Trinajstić information content (AvgIpc) is 3.23. The van der Waals surface area contributed by atoms with Crippen LogP contribution < -0.4 is 10.2 Å². The minimum atomic E-state index is -0.0289. The molecule has 0 fully saturated rings. The van der Waals surface area contributed by atoms with E-state index in [2.05, 4.69) is 22.4 Å². The lowest BCUT2D eigenvalue weighted by molar-refractivity contribution is -0.907. The Balaban J connectivity index is 1.65. The van der Waals surface area contributed by atoms with Crippen LogP contribution in [0.4, 0.5) is 5.69 Å². The van der Waals surface area contributed by atoms with E-state index < -0.39 is 0 Å². The summed E-state index contributed by atoms with van der Waals surface area (Å²) in [4.78, 5) is 13.6. The van der Waals surface area contributed by atoms with Gasteiger partial charge >= 0.3 is 0 Å². The summed E-state index contributed by atoms with van der Waals surface area (Å²) in [5, 5.41) is 11.3. The summed E-state index contributed by atoms with van der Waals surface area (Å²) in [6.07, 6.45) is 0.952. The number of carbonyl (C=O) groups excluding carboxylic acids is 1. The number of aromatic nitrogens is 2. The van der Waals surface area contributed by atoms with Crippen molar-refractivity contribution < 1.29 is 18.5 Å². The predicted octanol–water partition coefficient (Wildman–Crippen LogP) is 2.69. The maximum absolute atomic E-state index is 12.5. The Hall–Kier alpha value is -2.93. The average molecular weight is 383 g/mol. The Morgan fingerprint density at radius 2 is 1.93 bits per heavy atom. The molecule has 0 saturated carbocycles. The minimum Gasteiger partial charge on any atom is -0.466 e. The molecule has 28 heavy (non-hydrogen) atoms. The van der Waals surface area contributed by atoms with E-state index in [0.717, 1.165) is 46.2 Å². The quantitative estimate of drug-likeness (QED) is 0.625. The fourth-order valence-corrected chi connectivity index (χ4v) is 3.22. The predicted molar refractivity (Wildman–Crippen MR) is 106 cm³/mol. The van der Waals surface area contributed by atoms with Gasteiger partial charge in [-0.05, 0) is 44.9 Å². The minimum absolute atomic E-state index is 0.0289. The Kier molecular flexibility index (Phi) is 6.26. The van der Waals surface area contributed by atoms with E-state index in [9.17, 15) is 4.79 Å². The van der Waals surface area contributed by atoms with E-state index in [0.29, 0.717) is 24.9 Å². The molecule has 148 valence electrons. The Morgan fingerprint density at radius 1 is 1.14 bits per heavy atom. The Morgan fingerprint density at radius 3 is 2.61 bits per heavy atom. The highest BCUT2D eigenvalue weighted by molar-refractivity contribution is 5.92. The van der Waals surface area contributed by atoms with Crippen LogP contribution in [0.2, 0.25) is 0 Å². The highest BCUT2D eigenvalue weighted by Crippen LogP contribution is 2.25. The summed E-state index contributed by atoms with van der Waals surface area (Å²) in [7, 11) is 0. The molecule has 0 radical (unpaired) electrons. The van der Waals surface area contributed by atoms with Crippen molar-refractivity contribution in [3.05, 3.63) is 53.3 Å². The van der Waals surface area contributed by atoms with E-state index >= 15 is 0 Å². The summed E-state index contributed by atoms with van der Waals surface area (Å²) < 4.78 is 11.4. The van der Waals surface area contributed by atoms with Gasteiger partial charge in [0.2, 0.25) is 0 Å². The molecule has 2 aromatic heterocycles. The first-order valence-electron chi connectivity index (χ1n) is 9.55. The second-order valence-corrected chi connectivity index (χ2v) is 7.04. The highest BCUT2D eigenvalue weighted by atomic mass is 16.4. The number of hydrogen-bond acceptors (Lipinski definition) is 5. The van der Waals surface area contributed by atoms with Crippen molar-refractivity contribution in [1.82, 2.24) is 10.2 Å². The molecule has 2 N–H and O–H groups in total. The van der Waals surface area contributed by atoms with Crippen LogP contribution in [0.1, 0.15) is 36.3 Å². The molecule has 3 aromatic rings. The van der Waals surface area contributed by atoms with Gasteiger partial charge in [-0.2, -0.15) is 0 Å². The number of aryl methyl sites for hydroxylation is 3. The number of rotatable bonds is 8. The first kappa shape index (κ1) is 19.8. The molecule has 1 atom stereocenters. The van der Waals surface area contributed by atoms with Crippen molar-refractivity contribution in [2.24, 2.45) is 0 Å². The highest BCUT2D eigenvalue weighted by Gasteiger charge is 2.20. The van der Waals surface area contributed by atoms with Crippen molar-refractivity contribution in [3.8, 4) is 11.5 Å². The topological polar surface area (TPSA) is 85.6 Å². The summed E-state index contributed by atoms with van der Waals surface area (Å²) in [5.41, 5.74) is 2.69. The summed E-state index contributed by atoms with van der Waals surface area (Å²) in [6.45, 7) is 9.50. The second kappa shape index (κ2) is 8.84. The summed E-state index contributed by atoms with van der Waals surface area (Å²) >= 11 is 0. The maximum atomic E-state index is 12.5. The molecule has 1 amide bonds. The van der Waals surface area contributed by atoms with Gasteiger partial charge in [-0.15, -0.1) is 10.2 Å². The molecule has 3 rings (SSSR count). The zero-order valence-electron chi connectivity index (χ0n) is 16.8. The number of benzene rings is 1. The molecule has 7 heteroatoms. The first-order chi connectivity index (χ1) is 13.5. The van der Waals surface area contributed by atoms with Gasteiger partial charge in [0, 0.05) is 5.69 Å². The molecule has 1 aromatic carbocycles. The van der Waals surface area contributed by atoms with Gasteiger partial charge in [-0.1, -0.05) is 25.1 Å². The molecule has 7 nitrogen and oxygen atoms in total. The van der Waals surface area contributed by atoms with Crippen molar-refractivity contribution in [2.45, 2.75) is 40.7 Å². The number of quaternary nitrogens is 1. The molecule has 0 bridgehead atoms. The van der Waals surface area contributed by atoms with Crippen LogP contribution in [-0.4, -0.2) is 29.2 Å². The van der Waals surface area contributed by atoms with Gasteiger partial charge in [0.15, 0.2) is 13.1 Å². The van der Waals surface area contributed by atoms with Crippen molar-refractivity contribution in [3.63, 3.8) is 0 Å². The van der Waals surface area contributed by atoms with E-state index in [-0.39, 0.29) is 5.91 Å². The monoisotopic (exact) mass is 383 g/mol. The van der Waals surface area contributed by atoms with E-state index in [1.807, 2.05) is 51.1 Å². The molecule has 1 unspecified atom stereocenters. The molecular formula is C21H27N4O3+. The van der Waals surface area contributed by atoms with Crippen molar-refractivity contribution in [2.75, 3.05) is 18.4 Å². The Labute approximate surface area is 164 Å². The van der Waals surface area contributed by atoms with Crippen LogP contribution in [0.3, 0.4) is 0 Å².